The first-order chi connectivity index (χ1) is 9.42. The Morgan fingerprint density at radius 1 is 1.30 bits per heavy atom. The molecule has 20 heavy (non-hydrogen) atoms. The molecule has 0 N–H and O–H groups in total. The van der Waals surface area contributed by atoms with Gasteiger partial charge in [0.05, 0.1) is 24.2 Å². The molecule has 0 saturated carbocycles. The molecule has 2 rings (SSSR count). The van der Waals surface area contributed by atoms with E-state index in [-0.39, 0.29) is 24.2 Å². The molecule has 5 nitrogen and oxygen atoms in total. The first kappa shape index (κ1) is 15.2. The highest BCUT2D eigenvalue weighted by atomic mass is 32.2. The third-order valence-electron chi connectivity index (χ3n) is 2.99. The summed E-state index contributed by atoms with van der Waals surface area (Å²) in [5.41, 5.74) is 1.64. The molecule has 110 valence electrons. The molecule has 1 saturated heterocycles. The van der Waals surface area contributed by atoms with Gasteiger partial charge in [0.1, 0.15) is 0 Å². The van der Waals surface area contributed by atoms with Crippen molar-refractivity contribution in [2.75, 3.05) is 13.2 Å². The predicted octanol–water partition coefficient (Wildman–Crippen LogP) is 1.94. The van der Waals surface area contributed by atoms with Gasteiger partial charge in [0.15, 0.2) is 6.29 Å². The van der Waals surface area contributed by atoms with Crippen molar-refractivity contribution in [2.45, 2.75) is 31.1 Å². The molecule has 0 aliphatic carbocycles. The standard InChI is InChI=1S/C14H18O5S/c1-4-12-8-18-14(9-17-12)19-20(15,16)13-6-5-10(2)7-11(13)3/h4-7,12,14H,1,8-9H2,2-3H3/t12-,14-/m0/s1. The minimum absolute atomic E-state index is 0.0564. The van der Waals surface area contributed by atoms with Gasteiger partial charge in [0.25, 0.3) is 10.1 Å². The maximum Gasteiger partial charge on any atom is 0.299 e. The van der Waals surface area contributed by atoms with E-state index in [4.69, 9.17) is 13.7 Å². The van der Waals surface area contributed by atoms with Crippen LogP contribution in [0.3, 0.4) is 0 Å². The van der Waals surface area contributed by atoms with Crippen LogP contribution in [0.5, 0.6) is 0 Å². The molecule has 0 radical (unpaired) electrons. The molecule has 0 spiro atoms. The van der Waals surface area contributed by atoms with E-state index in [9.17, 15) is 8.42 Å². The van der Waals surface area contributed by atoms with E-state index < -0.39 is 16.4 Å². The fourth-order valence-electron chi connectivity index (χ4n) is 1.97. The Hall–Kier alpha value is -1.21. The summed E-state index contributed by atoms with van der Waals surface area (Å²) in [6.45, 7) is 7.51. The average molecular weight is 298 g/mol. The molecule has 1 aromatic rings. The van der Waals surface area contributed by atoms with E-state index in [2.05, 4.69) is 6.58 Å². The average Bonchev–Trinajstić information content (AvgIpc) is 2.38. The molecule has 1 aliphatic heterocycles. The van der Waals surface area contributed by atoms with Crippen LogP contribution in [-0.2, 0) is 23.8 Å². The van der Waals surface area contributed by atoms with E-state index in [1.165, 1.54) is 6.07 Å². The van der Waals surface area contributed by atoms with Gasteiger partial charge in [-0.2, -0.15) is 8.42 Å². The topological polar surface area (TPSA) is 61.8 Å². The maximum atomic E-state index is 12.2. The minimum atomic E-state index is -3.86. The summed E-state index contributed by atoms with van der Waals surface area (Å²) in [6, 6.07) is 5.06. The molecular weight excluding hydrogens is 280 g/mol. The molecule has 1 heterocycles. The Morgan fingerprint density at radius 2 is 2.05 bits per heavy atom. The highest BCUT2D eigenvalue weighted by Gasteiger charge is 2.28. The van der Waals surface area contributed by atoms with Gasteiger partial charge >= 0.3 is 0 Å². The van der Waals surface area contributed by atoms with Crippen LogP contribution in [0.25, 0.3) is 0 Å². The van der Waals surface area contributed by atoms with Crippen LogP contribution in [0.1, 0.15) is 11.1 Å². The molecule has 6 heteroatoms. The molecule has 1 aliphatic rings. The molecule has 0 aromatic heterocycles. The van der Waals surface area contributed by atoms with Crippen LogP contribution in [0, 0.1) is 13.8 Å². The first-order valence-electron chi connectivity index (χ1n) is 6.28. The van der Waals surface area contributed by atoms with E-state index in [1.807, 2.05) is 6.92 Å². The lowest BCUT2D eigenvalue weighted by molar-refractivity contribution is -0.187. The summed E-state index contributed by atoms with van der Waals surface area (Å²) in [5.74, 6) is 0. The normalized spacial score (nSPS) is 23.5. The Bertz CT molecular complexity index is 586. The number of hydrogen-bond acceptors (Lipinski definition) is 5. The van der Waals surface area contributed by atoms with Crippen LogP contribution in [0.2, 0.25) is 0 Å². The van der Waals surface area contributed by atoms with Gasteiger partial charge in [-0.05, 0) is 25.5 Å². The monoisotopic (exact) mass is 298 g/mol. The van der Waals surface area contributed by atoms with Gasteiger partial charge in [-0.1, -0.05) is 23.8 Å². The number of benzene rings is 1. The Balaban J connectivity index is 2.10. The number of aryl methyl sites for hydroxylation is 2. The highest BCUT2D eigenvalue weighted by Crippen LogP contribution is 2.21. The summed E-state index contributed by atoms with van der Waals surface area (Å²) in [6.07, 6.45) is 0.463. The van der Waals surface area contributed by atoms with Crippen LogP contribution >= 0.6 is 0 Å². The third kappa shape index (κ3) is 3.46. The molecular formula is C14H18O5S. The SMILES string of the molecule is C=C[C@H]1CO[C@@H](OS(=O)(=O)c2ccc(C)cc2C)CO1. The number of rotatable bonds is 4. The Kier molecular flexibility index (Phi) is 4.59. The summed E-state index contributed by atoms with van der Waals surface area (Å²) in [5, 5.41) is 0. The summed E-state index contributed by atoms with van der Waals surface area (Å²) < 4.78 is 40.1. The third-order valence-corrected chi connectivity index (χ3v) is 4.45. The van der Waals surface area contributed by atoms with Crippen molar-refractivity contribution in [1.82, 2.24) is 0 Å². The second-order valence-corrected chi connectivity index (χ2v) is 6.23. The van der Waals surface area contributed by atoms with Crippen LogP contribution in [-0.4, -0.2) is 34.0 Å². The molecule has 1 aromatic carbocycles. The largest absolute Gasteiger partial charge is 0.366 e. The molecule has 0 unspecified atom stereocenters. The summed E-state index contributed by atoms with van der Waals surface area (Å²) in [4.78, 5) is 0.151. The van der Waals surface area contributed by atoms with E-state index in [0.717, 1.165) is 5.56 Å². The molecule has 1 fully saturated rings. The van der Waals surface area contributed by atoms with Crippen molar-refractivity contribution in [1.29, 1.82) is 0 Å². The zero-order valence-electron chi connectivity index (χ0n) is 11.5. The van der Waals surface area contributed by atoms with Crippen molar-refractivity contribution in [3.05, 3.63) is 42.0 Å². The van der Waals surface area contributed by atoms with Crippen molar-refractivity contribution in [3.63, 3.8) is 0 Å². The minimum Gasteiger partial charge on any atom is -0.366 e. The summed E-state index contributed by atoms with van der Waals surface area (Å²) in [7, 11) is -3.86. The predicted molar refractivity (Wildman–Crippen MR) is 73.9 cm³/mol. The number of ether oxygens (including phenoxy) is 2. The molecule has 2 atom stereocenters. The van der Waals surface area contributed by atoms with Gasteiger partial charge in [-0.25, -0.2) is 4.18 Å². The van der Waals surface area contributed by atoms with Gasteiger partial charge in [-0.3, -0.25) is 0 Å². The fraction of sp³-hybridized carbons (Fsp3) is 0.429. The fourth-order valence-corrected chi connectivity index (χ4v) is 3.15. The maximum absolute atomic E-state index is 12.2. The zero-order chi connectivity index (χ0) is 14.8. The van der Waals surface area contributed by atoms with Crippen molar-refractivity contribution >= 4 is 10.1 Å². The van der Waals surface area contributed by atoms with Crippen molar-refractivity contribution < 1.29 is 22.1 Å². The van der Waals surface area contributed by atoms with E-state index in [1.54, 1.807) is 25.1 Å². The van der Waals surface area contributed by atoms with Crippen molar-refractivity contribution in [3.8, 4) is 0 Å². The van der Waals surface area contributed by atoms with Crippen molar-refractivity contribution in [2.24, 2.45) is 0 Å². The number of hydrogen-bond donors (Lipinski definition) is 0. The Labute approximate surface area is 119 Å². The Morgan fingerprint density at radius 3 is 2.60 bits per heavy atom. The van der Waals surface area contributed by atoms with Gasteiger partial charge < -0.3 is 9.47 Å². The highest BCUT2D eigenvalue weighted by molar-refractivity contribution is 7.86. The lowest BCUT2D eigenvalue weighted by atomic mass is 10.2. The van der Waals surface area contributed by atoms with Crippen LogP contribution in [0.15, 0.2) is 35.7 Å². The van der Waals surface area contributed by atoms with Gasteiger partial charge in [0, 0.05) is 0 Å². The molecule has 0 bridgehead atoms. The second kappa shape index (κ2) is 6.05. The quantitative estimate of drug-likeness (QED) is 0.628. The summed E-state index contributed by atoms with van der Waals surface area (Å²) >= 11 is 0. The first-order valence-corrected chi connectivity index (χ1v) is 7.69. The lowest BCUT2D eigenvalue weighted by Crippen LogP contribution is -2.37. The van der Waals surface area contributed by atoms with E-state index in [0.29, 0.717) is 5.56 Å². The smallest absolute Gasteiger partial charge is 0.299 e. The zero-order valence-corrected chi connectivity index (χ0v) is 12.4. The second-order valence-electron chi connectivity index (χ2n) is 4.69. The van der Waals surface area contributed by atoms with Gasteiger partial charge in [-0.15, -0.1) is 6.58 Å². The van der Waals surface area contributed by atoms with Gasteiger partial charge in [0.2, 0.25) is 0 Å². The van der Waals surface area contributed by atoms with Crippen LogP contribution < -0.4 is 0 Å². The lowest BCUT2D eigenvalue weighted by Gasteiger charge is -2.27. The van der Waals surface area contributed by atoms with E-state index >= 15 is 0 Å². The molecule has 0 amide bonds. The van der Waals surface area contributed by atoms with Crippen LogP contribution in [0.4, 0.5) is 0 Å².